The third-order valence-electron chi connectivity index (χ3n) is 3.26. The molecular weight excluding hydrogens is 398 g/mol. The number of rotatable bonds is 3. The molecule has 1 atom stereocenters. The summed E-state index contributed by atoms with van der Waals surface area (Å²) in [6.45, 7) is 2.31. The number of halogens is 3. The first-order valence-corrected chi connectivity index (χ1v) is 7.90. The number of ether oxygens (including phenoxy) is 2. The van der Waals surface area contributed by atoms with Crippen LogP contribution in [0.4, 0.5) is 4.39 Å². The van der Waals surface area contributed by atoms with Crippen molar-refractivity contribution in [1.82, 2.24) is 9.55 Å². The zero-order valence-corrected chi connectivity index (χ0v) is 13.5. The second kappa shape index (κ2) is 6.13. The van der Waals surface area contributed by atoms with Crippen molar-refractivity contribution in [3.8, 4) is 0 Å². The van der Waals surface area contributed by atoms with E-state index < -0.39 is 0 Å². The van der Waals surface area contributed by atoms with Crippen LogP contribution in [-0.4, -0.2) is 35.5 Å². The highest BCUT2D eigenvalue weighted by Gasteiger charge is 2.19. The molecular formula is C13H13ClFIN2O2. The van der Waals surface area contributed by atoms with Crippen LogP contribution in [0.1, 0.15) is 5.82 Å². The Morgan fingerprint density at radius 2 is 2.30 bits per heavy atom. The van der Waals surface area contributed by atoms with Gasteiger partial charge < -0.3 is 14.0 Å². The molecule has 2 heterocycles. The van der Waals surface area contributed by atoms with Crippen molar-refractivity contribution in [2.45, 2.75) is 18.5 Å². The van der Waals surface area contributed by atoms with Crippen LogP contribution < -0.4 is 0 Å². The quantitative estimate of drug-likeness (QED) is 0.577. The minimum absolute atomic E-state index is 0.0505. The van der Waals surface area contributed by atoms with Gasteiger partial charge in [-0.25, -0.2) is 9.37 Å². The Bertz CT molecular complexity index is 628. The van der Waals surface area contributed by atoms with Crippen LogP contribution in [0.15, 0.2) is 12.1 Å². The lowest BCUT2D eigenvalue weighted by molar-refractivity contribution is -0.0934. The predicted molar refractivity (Wildman–Crippen MR) is 82.5 cm³/mol. The maximum Gasteiger partial charge on any atom is 0.138 e. The monoisotopic (exact) mass is 410 g/mol. The van der Waals surface area contributed by atoms with E-state index in [-0.39, 0.29) is 17.8 Å². The Hall–Kier alpha value is -0.440. The summed E-state index contributed by atoms with van der Waals surface area (Å²) in [4.78, 5) is 4.46. The van der Waals surface area contributed by atoms with Crippen LogP contribution in [0.2, 0.25) is 0 Å². The summed E-state index contributed by atoms with van der Waals surface area (Å²) in [6.07, 6.45) is -0.0505. The number of imidazole rings is 1. The first kappa shape index (κ1) is 14.5. The number of fused-ring (bicyclic) bond motifs is 1. The maximum absolute atomic E-state index is 13.8. The number of benzene rings is 1. The van der Waals surface area contributed by atoms with E-state index in [4.69, 9.17) is 21.1 Å². The largest absolute Gasteiger partial charge is 0.376 e. The van der Waals surface area contributed by atoms with Crippen molar-refractivity contribution in [3.63, 3.8) is 0 Å². The molecule has 0 bridgehead atoms. The lowest BCUT2D eigenvalue weighted by atomic mass is 10.3. The lowest BCUT2D eigenvalue weighted by Gasteiger charge is -2.24. The fraction of sp³-hybridized carbons (Fsp3) is 0.462. The highest BCUT2D eigenvalue weighted by Crippen LogP contribution is 2.23. The molecule has 1 aliphatic heterocycles. The Morgan fingerprint density at radius 3 is 3.00 bits per heavy atom. The molecule has 1 saturated heterocycles. The van der Waals surface area contributed by atoms with Gasteiger partial charge >= 0.3 is 0 Å². The highest BCUT2D eigenvalue weighted by molar-refractivity contribution is 14.1. The van der Waals surface area contributed by atoms with Gasteiger partial charge in [0, 0.05) is 6.07 Å². The summed E-state index contributed by atoms with van der Waals surface area (Å²) in [7, 11) is 0. The van der Waals surface area contributed by atoms with Gasteiger partial charge in [0.2, 0.25) is 0 Å². The van der Waals surface area contributed by atoms with Crippen LogP contribution in [0.3, 0.4) is 0 Å². The number of alkyl halides is 1. The number of nitrogens with zero attached hydrogens (tertiary/aromatic N) is 2. The normalized spacial score (nSPS) is 19.6. The molecule has 0 radical (unpaired) electrons. The van der Waals surface area contributed by atoms with Crippen molar-refractivity contribution in [1.29, 1.82) is 0 Å². The summed E-state index contributed by atoms with van der Waals surface area (Å²) in [5.74, 6) is 0.749. The summed E-state index contributed by atoms with van der Waals surface area (Å²) >= 11 is 7.91. The smallest absolute Gasteiger partial charge is 0.138 e. The van der Waals surface area contributed by atoms with Crippen LogP contribution in [0.25, 0.3) is 11.0 Å². The number of hydrogen-bond acceptors (Lipinski definition) is 3. The molecule has 1 fully saturated rings. The van der Waals surface area contributed by atoms with Gasteiger partial charge in [0.05, 0.1) is 53.0 Å². The van der Waals surface area contributed by atoms with Gasteiger partial charge in [-0.3, -0.25) is 0 Å². The first-order valence-electron chi connectivity index (χ1n) is 6.28. The Kier molecular flexibility index (Phi) is 4.44. The molecule has 4 nitrogen and oxygen atoms in total. The van der Waals surface area contributed by atoms with Gasteiger partial charge in [-0.1, -0.05) is 0 Å². The van der Waals surface area contributed by atoms with Crippen molar-refractivity contribution >= 4 is 45.2 Å². The van der Waals surface area contributed by atoms with E-state index >= 15 is 0 Å². The number of hydrogen-bond donors (Lipinski definition) is 0. The van der Waals surface area contributed by atoms with Crippen LogP contribution in [0.5, 0.6) is 0 Å². The van der Waals surface area contributed by atoms with Crippen molar-refractivity contribution in [3.05, 3.63) is 27.3 Å². The van der Waals surface area contributed by atoms with Gasteiger partial charge in [0.1, 0.15) is 11.6 Å². The maximum atomic E-state index is 13.8. The summed E-state index contributed by atoms with van der Waals surface area (Å²) in [6, 6.07) is 3.24. The zero-order valence-electron chi connectivity index (χ0n) is 10.6. The molecule has 20 heavy (non-hydrogen) atoms. The predicted octanol–water partition coefficient (Wildman–Crippen LogP) is 2.93. The minimum Gasteiger partial charge on any atom is -0.376 e. The Balaban J connectivity index is 2.00. The van der Waals surface area contributed by atoms with Crippen LogP contribution in [0, 0.1) is 9.39 Å². The molecule has 0 N–H and O–H groups in total. The van der Waals surface area contributed by atoms with E-state index in [1.165, 1.54) is 6.07 Å². The van der Waals surface area contributed by atoms with Crippen molar-refractivity contribution in [2.75, 3.05) is 19.8 Å². The third-order valence-corrected chi connectivity index (χ3v) is 4.33. The molecule has 1 aliphatic rings. The van der Waals surface area contributed by atoms with E-state index in [2.05, 4.69) is 4.98 Å². The fourth-order valence-electron chi connectivity index (χ4n) is 2.32. The van der Waals surface area contributed by atoms with E-state index in [1.54, 1.807) is 6.07 Å². The molecule has 0 aliphatic carbocycles. The minimum atomic E-state index is -0.249. The van der Waals surface area contributed by atoms with Gasteiger partial charge in [-0.05, 0) is 28.7 Å². The lowest BCUT2D eigenvalue weighted by Crippen LogP contribution is -2.32. The second-order valence-electron chi connectivity index (χ2n) is 4.60. The second-order valence-corrected chi connectivity index (χ2v) is 6.02. The molecule has 1 unspecified atom stereocenters. The van der Waals surface area contributed by atoms with Crippen LogP contribution in [-0.2, 0) is 21.9 Å². The SMILES string of the molecule is Fc1cc2c(cc1I)nc(CCl)n2CC1COCCO1. The van der Waals surface area contributed by atoms with Gasteiger partial charge in [0.15, 0.2) is 0 Å². The van der Waals surface area contributed by atoms with Gasteiger partial charge in [0.25, 0.3) is 0 Å². The molecule has 1 aromatic heterocycles. The van der Waals surface area contributed by atoms with E-state index in [1.807, 2.05) is 27.2 Å². The molecule has 2 aromatic rings. The standard InChI is InChI=1S/C13H13ClFIN2O2/c14-5-13-17-11-4-10(16)9(15)3-12(11)18(13)6-8-7-19-1-2-20-8/h3-4,8H,1-2,5-7H2. The van der Waals surface area contributed by atoms with Crippen molar-refractivity contribution < 1.29 is 13.9 Å². The molecule has 108 valence electrons. The molecule has 1 aromatic carbocycles. The van der Waals surface area contributed by atoms with Crippen LogP contribution >= 0.6 is 34.2 Å². The van der Waals surface area contributed by atoms with E-state index in [0.717, 1.165) is 16.9 Å². The van der Waals surface area contributed by atoms with E-state index in [0.29, 0.717) is 29.9 Å². The third kappa shape index (κ3) is 2.79. The molecule has 3 rings (SSSR count). The first-order chi connectivity index (χ1) is 9.69. The Morgan fingerprint density at radius 1 is 1.45 bits per heavy atom. The average molecular weight is 411 g/mol. The summed E-state index contributed by atoms with van der Waals surface area (Å²) in [5.41, 5.74) is 1.50. The summed E-state index contributed by atoms with van der Waals surface area (Å²) < 4.78 is 27.3. The van der Waals surface area contributed by atoms with Crippen molar-refractivity contribution in [2.24, 2.45) is 0 Å². The molecule has 0 amide bonds. The number of aromatic nitrogens is 2. The molecule has 0 spiro atoms. The fourth-order valence-corrected chi connectivity index (χ4v) is 2.98. The van der Waals surface area contributed by atoms with Gasteiger partial charge in [-0.2, -0.15) is 0 Å². The highest BCUT2D eigenvalue weighted by atomic mass is 127. The average Bonchev–Trinajstić information content (AvgIpc) is 2.78. The van der Waals surface area contributed by atoms with E-state index in [9.17, 15) is 4.39 Å². The summed E-state index contributed by atoms with van der Waals surface area (Å²) in [5, 5.41) is 0. The molecule has 7 heteroatoms. The molecule has 0 saturated carbocycles. The zero-order chi connectivity index (χ0) is 14.1. The van der Waals surface area contributed by atoms with Gasteiger partial charge in [-0.15, -0.1) is 11.6 Å². The Labute approximate surface area is 134 Å². The topological polar surface area (TPSA) is 36.3 Å².